The molecule has 2 aromatic rings. The summed E-state index contributed by atoms with van der Waals surface area (Å²) < 4.78 is 5.23. The Morgan fingerprint density at radius 1 is 1.32 bits per heavy atom. The highest BCUT2D eigenvalue weighted by atomic mass is 35.5. The molecule has 0 radical (unpaired) electrons. The van der Waals surface area contributed by atoms with Crippen molar-refractivity contribution in [2.75, 3.05) is 13.7 Å². The second-order valence-corrected chi connectivity index (χ2v) is 5.41. The van der Waals surface area contributed by atoms with E-state index in [9.17, 15) is 4.79 Å². The summed E-state index contributed by atoms with van der Waals surface area (Å²) in [5, 5.41) is 9.59. The van der Waals surface area contributed by atoms with E-state index in [2.05, 4.69) is 0 Å². The maximum atomic E-state index is 10.9. The largest absolute Gasteiger partial charge is 0.497 e. The van der Waals surface area contributed by atoms with E-state index in [1.807, 2.05) is 36.4 Å². The Balaban J connectivity index is 2.43. The van der Waals surface area contributed by atoms with Gasteiger partial charge in [-0.2, -0.15) is 0 Å². The molecule has 22 heavy (non-hydrogen) atoms. The molecule has 0 amide bonds. The summed E-state index contributed by atoms with van der Waals surface area (Å²) in [6.07, 6.45) is -0.00428. The first-order chi connectivity index (χ1) is 10.5. The molecule has 0 unspecified atom stereocenters. The molecule has 0 spiro atoms. The fourth-order valence-corrected chi connectivity index (χ4v) is 2.58. The fraction of sp³-hybridized carbons (Fsp3) is 0.235. The van der Waals surface area contributed by atoms with E-state index in [-0.39, 0.29) is 18.9 Å². The van der Waals surface area contributed by atoms with E-state index in [0.29, 0.717) is 5.02 Å². The number of benzene rings is 2. The minimum absolute atomic E-state index is 0.00428. The number of halogens is 1. The summed E-state index contributed by atoms with van der Waals surface area (Å²) in [4.78, 5) is 10.9. The van der Waals surface area contributed by atoms with Crippen molar-refractivity contribution in [1.29, 1.82) is 0 Å². The number of hydrogen-bond acceptors (Lipinski definition) is 3. The predicted octanol–water partition coefficient (Wildman–Crippen LogP) is 3.53. The van der Waals surface area contributed by atoms with Crippen LogP contribution in [0.25, 0.3) is 11.1 Å². The second-order valence-electron chi connectivity index (χ2n) is 5.00. The van der Waals surface area contributed by atoms with Crippen LogP contribution >= 0.6 is 11.6 Å². The zero-order chi connectivity index (χ0) is 16.1. The van der Waals surface area contributed by atoms with Crippen molar-refractivity contribution in [1.82, 2.24) is 0 Å². The number of rotatable bonds is 6. The molecular weight excluding hydrogens is 302 g/mol. The van der Waals surface area contributed by atoms with Crippen LogP contribution in [0.4, 0.5) is 0 Å². The van der Waals surface area contributed by atoms with Crippen LogP contribution in [0.2, 0.25) is 5.02 Å². The van der Waals surface area contributed by atoms with Gasteiger partial charge in [-0.05, 0) is 41.9 Å². The fourth-order valence-electron chi connectivity index (χ4n) is 2.36. The first-order valence-corrected chi connectivity index (χ1v) is 7.28. The number of hydrogen-bond donors (Lipinski definition) is 2. The molecule has 0 aliphatic heterocycles. The Morgan fingerprint density at radius 2 is 2.09 bits per heavy atom. The van der Waals surface area contributed by atoms with Gasteiger partial charge < -0.3 is 15.6 Å². The molecule has 3 N–H and O–H groups in total. The van der Waals surface area contributed by atoms with Gasteiger partial charge in [0.2, 0.25) is 0 Å². The SMILES string of the molecule is COc1cccc(-c2cc([C@H](CN)CC(=O)O)ccc2Cl)c1. The Kier molecular flexibility index (Phi) is 5.41. The van der Waals surface area contributed by atoms with Gasteiger partial charge in [0.15, 0.2) is 0 Å². The topological polar surface area (TPSA) is 72.5 Å². The van der Waals surface area contributed by atoms with Crippen LogP contribution in [-0.4, -0.2) is 24.7 Å². The maximum absolute atomic E-state index is 10.9. The number of carbonyl (C=O) groups is 1. The zero-order valence-electron chi connectivity index (χ0n) is 12.3. The molecular formula is C17H18ClNO3. The van der Waals surface area contributed by atoms with E-state index >= 15 is 0 Å². The zero-order valence-corrected chi connectivity index (χ0v) is 13.0. The van der Waals surface area contributed by atoms with Crippen LogP contribution in [0.15, 0.2) is 42.5 Å². The number of nitrogens with two attached hydrogens (primary N) is 1. The highest BCUT2D eigenvalue weighted by Crippen LogP contribution is 2.33. The van der Waals surface area contributed by atoms with Gasteiger partial charge in [-0.3, -0.25) is 4.79 Å². The summed E-state index contributed by atoms with van der Waals surface area (Å²) in [6, 6.07) is 13.1. The van der Waals surface area contributed by atoms with Crippen molar-refractivity contribution in [3.63, 3.8) is 0 Å². The third kappa shape index (κ3) is 3.78. The average molecular weight is 320 g/mol. The van der Waals surface area contributed by atoms with Crippen molar-refractivity contribution in [3.05, 3.63) is 53.1 Å². The molecule has 0 aromatic heterocycles. The summed E-state index contributed by atoms with van der Waals surface area (Å²) >= 11 is 6.29. The molecule has 0 heterocycles. The lowest BCUT2D eigenvalue weighted by molar-refractivity contribution is -0.137. The summed E-state index contributed by atoms with van der Waals surface area (Å²) in [6.45, 7) is 0.269. The van der Waals surface area contributed by atoms with Crippen molar-refractivity contribution < 1.29 is 14.6 Å². The number of carboxylic acid groups (broad SMARTS) is 1. The Hall–Kier alpha value is -2.04. The molecule has 0 fully saturated rings. The van der Waals surface area contributed by atoms with Crippen molar-refractivity contribution in [3.8, 4) is 16.9 Å². The van der Waals surface area contributed by atoms with Gasteiger partial charge in [-0.15, -0.1) is 0 Å². The van der Waals surface area contributed by atoms with Crippen LogP contribution in [0.1, 0.15) is 17.9 Å². The lowest BCUT2D eigenvalue weighted by atomic mass is 9.92. The Morgan fingerprint density at radius 3 is 2.73 bits per heavy atom. The first kappa shape index (κ1) is 16.3. The molecule has 2 aromatic carbocycles. The third-order valence-corrected chi connectivity index (χ3v) is 3.88. The Labute approximate surface area is 134 Å². The molecule has 116 valence electrons. The molecule has 0 saturated carbocycles. The predicted molar refractivity (Wildman–Crippen MR) is 87.5 cm³/mol. The van der Waals surface area contributed by atoms with Gasteiger partial charge in [0.1, 0.15) is 5.75 Å². The van der Waals surface area contributed by atoms with Crippen LogP contribution in [0.3, 0.4) is 0 Å². The quantitative estimate of drug-likeness (QED) is 0.854. The van der Waals surface area contributed by atoms with Crippen molar-refractivity contribution >= 4 is 17.6 Å². The molecule has 0 bridgehead atoms. The molecule has 0 saturated heterocycles. The molecule has 2 rings (SSSR count). The van der Waals surface area contributed by atoms with Crippen molar-refractivity contribution in [2.45, 2.75) is 12.3 Å². The molecule has 0 aliphatic rings. The van der Waals surface area contributed by atoms with Crippen LogP contribution in [0.5, 0.6) is 5.75 Å². The monoisotopic (exact) mass is 319 g/mol. The maximum Gasteiger partial charge on any atom is 0.304 e. The normalized spacial score (nSPS) is 12.0. The third-order valence-electron chi connectivity index (χ3n) is 3.55. The van der Waals surface area contributed by atoms with Crippen LogP contribution in [-0.2, 0) is 4.79 Å². The Bertz CT molecular complexity index is 673. The molecule has 0 aliphatic carbocycles. The van der Waals surface area contributed by atoms with Crippen LogP contribution < -0.4 is 10.5 Å². The number of ether oxygens (including phenoxy) is 1. The number of carboxylic acids is 1. The molecule has 5 heteroatoms. The van der Waals surface area contributed by atoms with Gasteiger partial charge in [0.05, 0.1) is 13.5 Å². The lowest BCUT2D eigenvalue weighted by Crippen LogP contribution is -2.16. The van der Waals surface area contributed by atoms with Crippen LogP contribution in [0, 0.1) is 0 Å². The highest BCUT2D eigenvalue weighted by Gasteiger charge is 2.16. The molecule has 1 atom stereocenters. The van der Waals surface area contributed by atoms with Gasteiger partial charge in [-0.25, -0.2) is 0 Å². The first-order valence-electron chi connectivity index (χ1n) is 6.91. The van der Waals surface area contributed by atoms with Crippen molar-refractivity contribution in [2.24, 2.45) is 5.73 Å². The van der Waals surface area contributed by atoms with E-state index in [0.717, 1.165) is 22.4 Å². The van der Waals surface area contributed by atoms with E-state index in [1.54, 1.807) is 13.2 Å². The smallest absolute Gasteiger partial charge is 0.304 e. The standard InChI is InChI=1S/C17H18ClNO3/c1-22-14-4-2-3-12(7-14)15-8-11(5-6-16(15)18)13(10-19)9-17(20)21/h2-8,13H,9-10,19H2,1H3,(H,20,21)/t13-/m0/s1. The second kappa shape index (κ2) is 7.29. The minimum Gasteiger partial charge on any atom is -0.497 e. The van der Waals surface area contributed by atoms with E-state index < -0.39 is 5.97 Å². The summed E-state index contributed by atoms with van der Waals surface area (Å²) in [7, 11) is 1.61. The van der Waals surface area contributed by atoms with Gasteiger partial charge in [0, 0.05) is 16.5 Å². The van der Waals surface area contributed by atoms with Gasteiger partial charge in [-0.1, -0.05) is 29.8 Å². The van der Waals surface area contributed by atoms with E-state index in [4.69, 9.17) is 27.2 Å². The number of methoxy groups -OCH3 is 1. The molecule has 4 nitrogen and oxygen atoms in total. The summed E-state index contributed by atoms with van der Waals surface area (Å²) in [5.41, 5.74) is 8.33. The van der Waals surface area contributed by atoms with E-state index in [1.165, 1.54) is 0 Å². The number of aliphatic carboxylic acids is 1. The van der Waals surface area contributed by atoms with Gasteiger partial charge in [0.25, 0.3) is 0 Å². The average Bonchev–Trinajstić information content (AvgIpc) is 2.53. The minimum atomic E-state index is -0.867. The summed E-state index contributed by atoms with van der Waals surface area (Å²) in [5.74, 6) is -0.368. The highest BCUT2D eigenvalue weighted by molar-refractivity contribution is 6.33. The van der Waals surface area contributed by atoms with Gasteiger partial charge >= 0.3 is 5.97 Å². The lowest BCUT2D eigenvalue weighted by Gasteiger charge is -2.15.